The Hall–Kier alpha value is -2.64. The third-order valence-corrected chi connectivity index (χ3v) is 2.71. The number of amides is 3. The summed E-state index contributed by atoms with van der Waals surface area (Å²) in [5.74, 6) is 0.211. The van der Waals surface area contributed by atoms with Crippen LogP contribution in [0.1, 0.15) is 6.42 Å². The predicted molar refractivity (Wildman–Crippen MR) is 62.9 cm³/mol. The summed E-state index contributed by atoms with van der Waals surface area (Å²) in [5.41, 5.74) is 6.79. The Balaban J connectivity index is 2.11. The van der Waals surface area contributed by atoms with Crippen molar-refractivity contribution in [2.24, 2.45) is 0 Å². The van der Waals surface area contributed by atoms with Gasteiger partial charge >= 0.3 is 6.03 Å². The van der Waals surface area contributed by atoms with E-state index in [9.17, 15) is 9.59 Å². The number of pyridine rings is 1. The van der Waals surface area contributed by atoms with Gasteiger partial charge in [0, 0.05) is 30.8 Å². The van der Waals surface area contributed by atoms with Crippen LogP contribution >= 0.6 is 0 Å². The van der Waals surface area contributed by atoms with Gasteiger partial charge in [-0.2, -0.15) is 9.61 Å². The monoisotopic (exact) mass is 246 g/mol. The van der Waals surface area contributed by atoms with E-state index < -0.39 is 6.03 Å². The first-order chi connectivity index (χ1) is 8.65. The third-order valence-electron chi connectivity index (χ3n) is 2.71. The Labute approximate surface area is 101 Å². The van der Waals surface area contributed by atoms with Crippen molar-refractivity contribution in [1.29, 1.82) is 0 Å². The second-order valence-corrected chi connectivity index (χ2v) is 3.93. The fourth-order valence-corrected chi connectivity index (χ4v) is 1.90. The van der Waals surface area contributed by atoms with Gasteiger partial charge in [-0.05, 0) is 0 Å². The molecule has 0 spiro atoms. The van der Waals surface area contributed by atoms with Gasteiger partial charge in [-0.15, -0.1) is 0 Å². The van der Waals surface area contributed by atoms with Crippen LogP contribution in [0.2, 0.25) is 0 Å². The molecule has 0 aliphatic carbocycles. The van der Waals surface area contributed by atoms with E-state index in [0.717, 1.165) is 0 Å². The fourth-order valence-electron chi connectivity index (χ4n) is 1.90. The maximum absolute atomic E-state index is 11.8. The second kappa shape index (κ2) is 3.69. The van der Waals surface area contributed by atoms with Crippen molar-refractivity contribution >= 4 is 29.1 Å². The van der Waals surface area contributed by atoms with Crippen molar-refractivity contribution in [3.63, 3.8) is 0 Å². The van der Waals surface area contributed by atoms with Crippen molar-refractivity contribution in [2.75, 3.05) is 17.2 Å². The second-order valence-electron chi connectivity index (χ2n) is 3.93. The summed E-state index contributed by atoms with van der Waals surface area (Å²) in [6, 6.07) is 2.80. The third kappa shape index (κ3) is 1.54. The Morgan fingerprint density at radius 3 is 2.94 bits per heavy atom. The molecule has 0 radical (unpaired) electrons. The van der Waals surface area contributed by atoms with Crippen molar-refractivity contribution in [3.8, 4) is 0 Å². The lowest BCUT2D eigenvalue weighted by Crippen LogP contribution is -2.50. The van der Waals surface area contributed by atoms with Gasteiger partial charge < -0.3 is 5.73 Å². The number of aromatic nitrogens is 3. The topological polar surface area (TPSA) is 106 Å². The average Bonchev–Trinajstić information content (AvgIpc) is 2.76. The number of nitrogens with zero attached hydrogens (tertiary/aromatic N) is 4. The van der Waals surface area contributed by atoms with E-state index >= 15 is 0 Å². The molecule has 1 saturated heterocycles. The zero-order valence-electron chi connectivity index (χ0n) is 9.33. The lowest BCUT2D eigenvalue weighted by atomic mass is 10.3. The number of rotatable bonds is 1. The molecule has 92 valence electrons. The Bertz CT molecular complexity index is 649. The molecule has 1 aliphatic heterocycles. The van der Waals surface area contributed by atoms with E-state index in [1.54, 1.807) is 12.1 Å². The molecule has 3 rings (SSSR count). The Morgan fingerprint density at radius 2 is 2.17 bits per heavy atom. The van der Waals surface area contributed by atoms with Gasteiger partial charge in [-0.25, -0.2) is 9.78 Å². The summed E-state index contributed by atoms with van der Waals surface area (Å²) >= 11 is 0. The lowest BCUT2D eigenvalue weighted by Gasteiger charge is -2.26. The van der Waals surface area contributed by atoms with Crippen LogP contribution in [0, 0.1) is 0 Å². The summed E-state index contributed by atoms with van der Waals surface area (Å²) in [6.07, 6.45) is 1.63. The van der Waals surface area contributed by atoms with Crippen LogP contribution in [-0.2, 0) is 4.79 Å². The van der Waals surface area contributed by atoms with E-state index in [4.69, 9.17) is 5.73 Å². The van der Waals surface area contributed by atoms with Gasteiger partial charge in [0.15, 0.2) is 5.65 Å². The van der Waals surface area contributed by atoms with Gasteiger partial charge in [-0.1, -0.05) is 0 Å². The molecule has 8 nitrogen and oxygen atoms in total. The minimum absolute atomic E-state index is 0.247. The van der Waals surface area contributed by atoms with Crippen molar-refractivity contribution < 1.29 is 9.59 Å². The van der Waals surface area contributed by atoms with Gasteiger partial charge in [0.2, 0.25) is 5.91 Å². The summed E-state index contributed by atoms with van der Waals surface area (Å²) in [6.45, 7) is 0.295. The SMILES string of the molecule is Nc1cc(N2CCC(=O)NC2=O)n2ncnc2c1. The number of nitrogen functional groups attached to an aromatic ring is 1. The smallest absolute Gasteiger partial charge is 0.329 e. The molecule has 3 N–H and O–H groups in total. The predicted octanol–water partition coefficient (Wildman–Crippen LogP) is -0.242. The lowest BCUT2D eigenvalue weighted by molar-refractivity contribution is -0.120. The summed E-state index contributed by atoms with van der Waals surface area (Å²) in [5, 5.41) is 6.28. The Kier molecular flexibility index (Phi) is 2.15. The molecule has 2 aromatic rings. The number of anilines is 2. The maximum atomic E-state index is 11.8. The van der Waals surface area contributed by atoms with Gasteiger partial charge in [-0.3, -0.25) is 15.0 Å². The van der Waals surface area contributed by atoms with Crippen LogP contribution in [0.4, 0.5) is 16.3 Å². The molecule has 0 bridgehead atoms. The highest BCUT2D eigenvalue weighted by Gasteiger charge is 2.26. The van der Waals surface area contributed by atoms with E-state index in [1.807, 2.05) is 0 Å². The molecule has 0 aromatic carbocycles. The largest absolute Gasteiger partial charge is 0.399 e. The van der Waals surface area contributed by atoms with Crippen LogP contribution in [0.25, 0.3) is 5.65 Å². The molecular weight excluding hydrogens is 236 g/mol. The molecule has 0 atom stereocenters. The minimum Gasteiger partial charge on any atom is -0.399 e. The number of nitrogens with one attached hydrogen (secondary N) is 1. The molecule has 18 heavy (non-hydrogen) atoms. The van der Waals surface area contributed by atoms with Gasteiger partial charge in [0.25, 0.3) is 0 Å². The molecule has 0 unspecified atom stereocenters. The number of carbonyl (C=O) groups is 2. The number of hydrogen-bond donors (Lipinski definition) is 2. The highest BCUT2D eigenvalue weighted by molar-refractivity contribution is 6.05. The summed E-state index contributed by atoms with van der Waals surface area (Å²) in [4.78, 5) is 28.3. The van der Waals surface area contributed by atoms with E-state index in [1.165, 1.54) is 15.7 Å². The Morgan fingerprint density at radius 1 is 1.33 bits per heavy atom. The summed E-state index contributed by atoms with van der Waals surface area (Å²) < 4.78 is 1.51. The molecule has 3 amide bonds. The molecule has 3 heterocycles. The normalized spacial score (nSPS) is 16.1. The van der Waals surface area contributed by atoms with Crippen LogP contribution in [0.15, 0.2) is 18.5 Å². The van der Waals surface area contributed by atoms with Crippen LogP contribution in [0.3, 0.4) is 0 Å². The molecule has 1 fully saturated rings. The standard InChI is InChI=1S/C10H10N6O2/c11-6-3-7-12-5-13-16(7)9(4-6)15-2-1-8(17)14-10(15)18/h3-5H,1-2,11H2,(H,14,17,18). The van der Waals surface area contributed by atoms with Crippen LogP contribution in [0.5, 0.6) is 0 Å². The van der Waals surface area contributed by atoms with Crippen LogP contribution < -0.4 is 16.0 Å². The number of fused-ring (bicyclic) bond motifs is 1. The zero-order chi connectivity index (χ0) is 12.7. The first-order valence-electron chi connectivity index (χ1n) is 5.36. The highest BCUT2D eigenvalue weighted by atomic mass is 16.2. The number of urea groups is 1. The van der Waals surface area contributed by atoms with Gasteiger partial charge in [0.05, 0.1) is 0 Å². The molecule has 1 aliphatic rings. The average molecular weight is 246 g/mol. The molecule has 0 saturated carbocycles. The fraction of sp³-hybridized carbons (Fsp3) is 0.200. The molecule has 8 heteroatoms. The van der Waals surface area contributed by atoms with Crippen molar-refractivity contribution in [2.45, 2.75) is 6.42 Å². The van der Waals surface area contributed by atoms with E-state index in [0.29, 0.717) is 23.7 Å². The quantitative estimate of drug-likeness (QED) is 0.722. The first kappa shape index (κ1) is 10.5. The number of imide groups is 1. The van der Waals surface area contributed by atoms with Crippen molar-refractivity contribution in [3.05, 3.63) is 18.5 Å². The number of carbonyl (C=O) groups excluding carboxylic acids is 2. The van der Waals surface area contributed by atoms with Crippen molar-refractivity contribution in [1.82, 2.24) is 19.9 Å². The van der Waals surface area contributed by atoms with Crippen LogP contribution in [-0.4, -0.2) is 33.1 Å². The first-order valence-corrected chi connectivity index (χ1v) is 5.36. The van der Waals surface area contributed by atoms with Gasteiger partial charge in [0.1, 0.15) is 12.1 Å². The molecule has 2 aromatic heterocycles. The maximum Gasteiger partial charge on any atom is 0.329 e. The van der Waals surface area contributed by atoms with E-state index in [2.05, 4.69) is 15.4 Å². The highest BCUT2D eigenvalue weighted by Crippen LogP contribution is 2.21. The van der Waals surface area contributed by atoms with E-state index in [-0.39, 0.29) is 12.3 Å². The number of nitrogens with two attached hydrogens (primary N) is 1. The number of hydrogen-bond acceptors (Lipinski definition) is 5. The minimum atomic E-state index is -0.478. The summed E-state index contributed by atoms with van der Waals surface area (Å²) in [7, 11) is 0. The zero-order valence-corrected chi connectivity index (χ0v) is 9.33. The molecular formula is C10H10N6O2.